The molecule has 0 spiro atoms. The van der Waals surface area contributed by atoms with Crippen LogP contribution in [0.1, 0.15) is 6.92 Å². The Labute approximate surface area is 108 Å². The number of carboxylic acids is 1. The molecule has 9 nitrogen and oxygen atoms in total. The molecule has 0 radical (unpaired) electrons. The highest BCUT2D eigenvalue weighted by Gasteiger charge is 2.18. The number of carboxylic acid groups (broad SMARTS) is 1. The van der Waals surface area contributed by atoms with Crippen molar-refractivity contribution < 1.29 is 19.6 Å². The Bertz CT molecular complexity index is 498. The highest BCUT2D eigenvalue weighted by Crippen LogP contribution is 2.08. The molecule has 0 fully saturated rings. The predicted molar refractivity (Wildman–Crippen MR) is 63.3 cm³/mol. The second-order valence-electron chi connectivity index (χ2n) is 4.17. The number of nitro groups is 1. The van der Waals surface area contributed by atoms with Crippen LogP contribution in [0, 0.1) is 16.0 Å². The highest BCUT2D eigenvalue weighted by atomic mass is 16.6. The zero-order chi connectivity index (χ0) is 14.6. The third-order valence-corrected chi connectivity index (χ3v) is 2.52. The minimum Gasteiger partial charge on any atom is -0.481 e. The number of aliphatic carboxylic acids is 1. The summed E-state index contributed by atoms with van der Waals surface area (Å²) in [5.41, 5.74) is -0.200. The normalized spacial score (nSPS) is 11.9. The first-order chi connectivity index (χ1) is 8.81. The number of likely N-dealkylation sites (N-methyl/N-ethyl adjacent to an activating group) is 1. The van der Waals surface area contributed by atoms with Crippen molar-refractivity contribution in [2.24, 2.45) is 5.92 Å². The van der Waals surface area contributed by atoms with E-state index in [1.807, 2.05) is 0 Å². The molecule has 0 aliphatic carbocycles. The summed E-state index contributed by atoms with van der Waals surface area (Å²) < 4.78 is 1.14. The molecule has 0 bridgehead atoms. The van der Waals surface area contributed by atoms with Gasteiger partial charge in [0, 0.05) is 13.6 Å². The van der Waals surface area contributed by atoms with Crippen LogP contribution in [0.4, 0.5) is 5.69 Å². The summed E-state index contributed by atoms with van der Waals surface area (Å²) in [7, 11) is 1.47. The van der Waals surface area contributed by atoms with Gasteiger partial charge in [-0.1, -0.05) is 6.92 Å². The summed E-state index contributed by atoms with van der Waals surface area (Å²) in [4.78, 5) is 33.5. The molecule has 0 aromatic carbocycles. The Kier molecular flexibility index (Phi) is 4.56. The number of carbonyl (C=O) groups excluding carboxylic acids is 1. The number of amides is 1. The Morgan fingerprint density at radius 3 is 2.74 bits per heavy atom. The standard InChI is InChI=1S/C10H14N4O5/c1-7(10(16)17)4-12(2)9(15)6-13-5-8(3-11-13)14(18)19/h3,5,7H,4,6H2,1-2H3,(H,16,17). The second-order valence-corrected chi connectivity index (χ2v) is 4.17. The van der Waals surface area contributed by atoms with Gasteiger partial charge >= 0.3 is 11.7 Å². The first-order valence-electron chi connectivity index (χ1n) is 5.45. The van der Waals surface area contributed by atoms with Crippen molar-refractivity contribution in [3.63, 3.8) is 0 Å². The van der Waals surface area contributed by atoms with Crippen LogP contribution in [-0.4, -0.2) is 50.2 Å². The van der Waals surface area contributed by atoms with Crippen molar-refractivity contribution in [3.05, 3.63) is 22.5 Å². The van der Waals surface area contributed by atoms with E-state index in [1.54, 1.807) is 0 Å². The van der Waals surface area contributed by atoms with Gasteiger partial charge < -0.3 is 10.0 Å². The molecule has 0 aliphatic heterocycles. The minimum absolute atomic E-state index is 0.0670. The predicted octanol–water partition coefficient (Wildman–Crippen LogP) is -0.0296. The Morgan fingerprint density at radius 1 is 1.63 bits per heavy atom. The van der Waals surface area contributed by atoms with Gasteiger partial charge in [0.2, 0.25) is 5.91 Å². The van der Waals surface area contributed by atoms with Crippen molar-refractivity contribution in [3.8, 4) is 0 Å². The van der Waals surface area contributed by atoms with Gasteiger partial charge in [0.15, 0.2) is 0 Å². The molecule has 1 aromatic rings. The summed E-state index contributed by atoms with van der Waals surface area (Å²) in [5, 5.41) is 22.9. The second kappa shape index (κ2) is 5.94. The van der Waals surface area contributed by atoms with Gasteiger partial charge in [-0.25, -0.2) is 0 Å². The van der Waals surface area contributed by atoms with Crippen LogP contribution >= 0.6 is 0 Å². The van der Waals surface area contributed by atoms with Gasteiger partial charge in [0.1, 0.15) is 18.9 Å². The van der Waals surface area contributed by atoms with Crippen molar-refractivity contribution in [2.75, 3.05) is 13.6 Å². The smallest absolute Gasteiger partial charge is 0.308 e. The average Bonchev–Trinajstić information content (AvgIpc) is 2.77. The number of hydrogen-bond acceptors (Lipinski definition) is 5. The molecule has 19 heavy (non-hydrogen) atoms. The van der Waals surface area contributed by atoms with E-state index >= 15 is 0 Å². The Balaban J connectivity index is 2.58. The van der Waals surface area contributed by atoms with Crippen molar-refractivity contribution in [1.29, 1.82) is 0 Å². The fraction of sp³-hybridized carbons (Fsp3) is 0.500. The van der Waals surface area contributed by atoms with E-state index in [1.165, 1.54) is 18.9 Å². The number of hydrogen-bond donors (Lipinski definition) is 1. The van der Waals surface area contributed by atoms with Crippen LogP contribution in [0.25, 0.3) is 0 Å². The van der Waals surface area contributed by atoms with Gasteiger partial charge in [-0.2, -0.15) is 5.10 Å². The molecule has 1 N–H and O–H groups in total. The van der Waals surface area contributed by atoms with Crippen molar-refractivity contribution >= 4 is 17.6 Å². The lowest BCUT2D eigenvalue weighted by Gasteiger charge is -2.19. The van der Waals surface area contributed by atoms with Gasteiger partial charge in [-0.3, -0.25) is 24.4 Å². The van der Waals surface area contributed by atoms with Crippen LogP contribution in [-0.2, 0) is 16.1 Å². The molecule has 1 unspecified atom stereocenters. The Hall–Kier alpha value is -2.45. The third kappa shape index (κ3) is 4.05. The maximum atomic E-state index is 11.8. The van der Waals surface area contributed by atoms with Crippen LogP contribution in [0.2, 0.25) is 0 Å². The lowest BCUT2D eigenvalue weighted by molar-refractivity contribution is -0.385. The average molecular weight is 270 g/mol. The molecule has 1 amide bonds. The first-order valence-corrected chi connectivity index (χ1v) is 5.45. The molecule has 1 aromatic heterocycles. The van der Waals surface area contributed by atoms with Gasteiger partial charge in [-0.05, 0) is 0 Å². The molecule has 0 saturated heterocycles. The lowest BCUT2D eigenvalue weighted by Crippen LogP contribution is -2.35. The SMILES string of the molecule is CC(CN(C)C(=O)Cn1cc([N+](=O)[O-])cn1)C(=O)O. The molecular weight excluding hydrogens is 256 g/mol. The van der Waals surface area contributed by atoms with Gasteiger partial charge in [-0.15, -0.1) is 0 Å². The maximum absolute atomic E-state index is 11.8. The van der Waals surface area contributed by atoms with E-state index in [-0.39, 0.29) is 24.7 Å². The number of nitrogens with zero attached hydrogens (tertiary/aromatic N) is 4. The Morgan fingerprint density at radius 2 is 2.26 bits per heavy atom. The molecule has 9 heteroatoms. The molecule has 0 saturated carbocycles. The number of rotatable bonds is 6. The molecule has 104 valence electrons. The van der Waals surface area contributed by atoms with E-state index in [0.29, 0.717) is 0 Å². The first kappa shape index (κ1) is 14.6. The quantitative estimate of drug-likeness (QED) is 0.572. The van der Waals surface area contributed by atoms with Gasteiger partial charge in [0.05, 0.1) is 10.8 Å². The molecular formula is C10H14N4O5. The van der Waals surface area contributed by atoms with E-state index in [4.69, 9.17) is 5.11 Å². The largest absolute Gasteiger partial charge is 0.481 e. The summed E-state index contributed by atoms with van der Waals surface area (Å²) in [5.74, 6) is -2.04. The van der Waals surface area contributed by atoms with Crippen LogP contribution < -0.4 is 0 Å². The maximum Gasteiger partial charge on any atom is 0.308 e. The van der Waals surface area contributed by atoms with E-state index in [2.05, 4.69) is 5.10 Å². The van der Waals surface area contributed by atoms with E-state index < -0.39 is 16.8 Å². The molecule has 1 heterocycles. The third-order valence-electron chi connectivity index (χ3n) is 2.52. The minimum atomic E-state index is -0.991. The summed E-state index contributed by atoms with van der Waals surface area (Å²) >= 11 is 0. The van der Waals surface area contributed by atoms with Crippen LogP contribution in [0.5, 0.6) is 0 Å². The molecule has 1 atom stereocenters. The lowest BCUT2D eigenvalue weighted by atomic mass is 10.2. The zero-order valence-corrected chi connectivity index (χ0v) is 10.5. The van der Waals surface area contributed by atoms with Gasteiger partial charge in [0.25, 0.3) is 0 Å². The van der Waals surface area contributed by atoms with Crippen LogP contribution in [0.15, 0.2) is 12.4 Å². The summed E-state index contributed by atoms with van der Waals surface area (Å²) in [6, 6.07) is 0. The highest BCUT2D eigenvalue weighted by molar-refractivity contribution is 5.77. The number of aromatic nitrogens is 2. The van der Waals surface area contributed by atoms with Crippen molar-refractivity contribution in [2.45, 2.75) is 13.5 Å². The number of carbonyl (C=O) groups is 2. The topological polar surface area (TPSA) is 119 Å². The summed E-state index contributed by atoms with van der Waals surface area (Å²) in [6.45, 7) is 1.39. The zero-order valence-electron chi connectivity index (χ0n) is 10.5. The molecule has 0 aliphatic rings. The summed E-state index contributed by atoms with van der Waals surface area (Å²) in [6.07, 6.45) is 2.19. The van der Waals surface area contributed by atoms with Crippen LogP contribution in [0.3, 0.4) is 0 Å². The van der Waals surface area contributed by atoms with E-state index in [0.717, 1.165) is 17.1 Å². The fourth-order valence-corrected chi connectivity index (χ4v) is 1.38. The van der Waals surface area contributed by atoms with Crippen molar-refractivity contribution in [1.82, 2.24) is 14.7 Å². The van der Waals surface area contributed by atoms with E-state index in [9.17, 15) is 19.7 Å². The monoisotopic (exact) mass is 270 g/mol. The fourth-order valence-electron chi connectivity index (χ4n) is 1.38. The molecule has 1 rings (SSSR count).